The third kappa shape index (κ3) is 4.03. The zero-order valence-electron chi connectivity index (χ0n) is 17.6. The van der Waals surface area contributed by atoms with Gasteiger partial charge in [0.05, 0.1) is 0 Å². The average molecular weight is 470 g/mol. The first-order valence-electron chi connectivity index (χ1n) is 9.90. The van der Waals surface area contributed by atoms with E-state index in [1.807, 2.05) is 6.07 Å². The van der Waals surface area contributed by atoms with Gasteiger partial charge in [-0.2, -0.15) is 0 Å². The van der Waals surface area contributed by atoms with Gasteiger partial charge in [0.25, 0.3) is 0 Å². The van der Waals surface area contributed by atoms with Crippen LogP contribution in [0.2, 0.25) is 13.1 Å². The molecule has 28 heavy (non-hydrogen) atoms. The Bertz CT molecular complexity index is 891. The van der Waals surface area contributed by atoms with E-state index in [9.17, 15) is 0 Å². The van der Waals surface area contributed by atoms with Gasteiger partial charge in [-0.1, -0.05) is 0 Å². The number of rotatable bonds is 5. The van der Waals surface area contributed by atoms with Crippen molar-refractivity contribution in [1.82, 2.24) is 3.80 Å². The van der Waals surface area contributed by atoms with Crippen molar-refractivity contribution in [3.63, 3.8) is 0 Å². The molecule has 1 atom stereocenters. The van der Waals surface area contributed by atoms with E-state index in [-0.39, 0.29) is 9.76 Å². The van der Waals surface area contributed by atoms with Crippen molar-refractivity contribution >= 4 is 36.7 Å². The van der Waals surface area contributed by atoms with Gasteiger partial charge in [0, 0.05) is 0 Å². The molecule has 1 unspecified atom stereocenters. The van der Waals surface area contributed by atoms with Gasteiger partial charge in [0.15, 0.2) is 0 Å². The Kier molecular flexibility index (Phi) is 6.02. The number of anilines is 1. The summed E-state index contributed by atoms with van der Waals surface area (Å²) in [4.78, 5) is 2.25. The Hall–Kier alpha value is -0.549. The molecule has 0 heterocycles. The molecule has 0 spiro atoms. The molecule has 1 aliphatic carbocycles. The number of benzene rings is 2. The van der Waals surface area contributed by atoms with Crippen LogP contribution in [0.1, 0.15) is 36.1 Å². The molecule has 2 aromatic rings. The first kappa shape index (κ1) is 22.1. The molecule has 0 fully saturated rings. The molecule has 0 saturated heterocycles. The van der Waals surface area contributed by atoms with Gasteiger partial charge >= 0.3 is 181 Å². The molecule has 0 radical (unpaired) electrons. The number of hydrogen-bond donors (Lipinski definition) is 1. The number of para-hydroxylation sites is 1. The van der Waals surface area contributed by atoms with Gasteiger partial charge in [-0.3, -0.25) is 0 Å². The summed E-state index contributed by atoms with van der Waals surface area (Å²) in [5.74, 6) is 0. The topological polar surface area (TPSA) is 15.3 Å². The molecule has 0 aliphatic heterocycles. The van der Waals surface area contributed by atoms with E-state index in [0.29, 0.717) is 0 Å². The number of nitrogens with one attached hydrogen (secondary N) is 1. The number of hydrogen-bond acceptors (Lipinski definition) is 2. The maximum atomic E-state index is 7.61. The molecule has 2 nitrogen and oxygen atoms in total. The van der Waals surface area contributed by atoms with Crippen LogP contribution in [0.5, 0.6) is 0 Å². The van der Waals surface area contributed by atoms with E-state index in [4.69, 9.17) is 18.6 Å². The van der Waals surface area contributed by atoms with Crippen LogP contribution in [0.25, 0.3) is 5.70 Å². The number of nitrogens with zero attached hydrogens (tertiary/aromatic N) is 1. The Labute approximate surface area is 179 Å². The Morgan fingerprint density at radius 3 is 2.11 bits per heavy atom. The third-order valence-electron chi connectivity index (χ3n) is 5.64. The van der Waals surface area contributed by atoms with E-state index in [1.165, 1.54) is 16.8 Å². The molecule has 6 heteroatoms. The Balaban J connectivity index is 2.17. The fraction of sp³-hybridized carbons (Fsp3) is 0.364. The molecule has 0 saturated carbocycles. The van der Waals surface area contributed by atoms with Crippen LogP contribution in [0.4, 0.5) is 5.69 Å². The van der Waals surface area contributed by atoms with Gasteiger partial charge in [-0.15, -0.1) is 0 Å². The van der Waals surface area contributed by atoms with Crippen LogP contribution in [0.15, 0.2) is 60.7 Å². The Morgan fingerprint density at radius 2 is 1.54 bits per heavy atom. The zero-order valence-corrected chi connectivity index (χ0v) is 21.9. The van der Waals surface area contributed by atoms with Crippen LogP contribution in [0, 0.1) is 0 Å². The second-order valence-electron chi connectivity index (χ2n) is 9.19. The first-order valence-corrected chi connectivity index (χ1v) is 21.5. The molecule has 0 amide bonds. The van der Waals surface area contributed by atoms with E-state index < -0.39 is 19.4 Å². The molecule has 2 aromatic carbocycles. The number of allylic oxidation sites excluding steroid dienone is 1. The molecule has 0 bridgehead atoms. The van der Waals surface area contributed by atoms with Crippen LogP contribution in [-0.2, 0) is 12.7 Å². The van der Waals surface area contributed by atoms with Crippen molar-refractivity contribution < 1.29 is 12.7 Å². The summed E-state index contributed by atoms with van der Waals surface area (Å²) in [5.41, 5.74) is 4.72. The predicted octanol–water partition coefficient (Wildman–Crippen LogP) is 6.50. The summed E-state index contributed by atoms with van der Waals surface area (Å²) >= 11 is -4.09. The van der Waals surface area contributed by atoms with Gasteiger partial charge in [-0.25, -0.2) is 0 Å². The molecular weight excluding hydrogens is 439 g/mol. The van der Waals surface area contributed by atoms with Crippen molar-refractivity contribution in [1.29, 1.82) is 0 Å². The fourth-order valence-corrected chi connectivity index (χ4v) is 21.1. The fourth-order valence-electron chi connectivity index (χ4n) is 4.16. The average Bonchev–Trinajstić information content (AvgIpc) is 3.01. The summed E-state index contributed by atoms with van der Waals surface area (Å²) in [6, 6.07) is 19.0. The van der Waals surface area contributed by atoms with Crippen LogP contribution in [-0.4, -0.2) is 19.2 Å². The van der Waals surface area contributed by atoms with Crippen LogP contribution >= 0.6 is 18.6 Å². The number of halogens is 2. The normalized spacial score (nSPS) is 18.4. The summed E-state index contributed by atoms with van der Waals surface area (Å²) in [5, 5.41) is 0. The van der Waals surface area contributed by atoms with Gasteiger partial charge in [0.2, 0.25) is 0 Å². The van der Waals surface area contributed by atoms with Crippen LogP contribution in [0.3, 0.4) is 0 Å². The van der Waals surface area contributed by atoms with E-state index in [2.05, 4.69) is 104 Å². The first-order chi connectivity index (χ1) is 12.9. The van der Waals surface area contributed by atoms with Crippen molar-refractivity contribution in [2.75, 3.05) is 11.9 Å². The maximum absolute atomic E-state index is 7.61. The molecule has 1 aliphatic rings. The van der Waals surface area contributed by atoms with Crippen molar-refractivity contribution in [2.45, 2.75) is 43.6 Å². The van der Waals surface area contributed by atoms with Crippen molar-refractivity contribution in [3.8, 4) is 0 Å². The Morgan fingerprint density at radius 1 is 0.964 bits per heavy atom. The molecule has 0 aromatic heterocycles. The molecule has 151 valence electrons. The minimum absolute atomic E-state index is 0.0589. The summed E-state index contributed by atoms with van der Waals surface area (Å²) < 4.78 is 3.87. The summed E-state index contributed by atoms with van der Waals surface area (Å²) in [6.45, 7) is 9.68. The second-order valence-corrected chi connectivity index (χ2v) is 37.3. The van der Waals surface area contributed by atoms with Crippen LogP contribution < -0.4 is 8.70 Å². The number of fused-ring (bicyclic) bond motifs is 1. The minimum atomic E-state index is -4.09. The molecular formula is C22H31Cl2N2SiTi. The second kappa shape index (κ2) is 7.61. The zero-order chi connectivity index (χ0) is 20.8. The quantitative estimate of drug-likeness (QED) is 0.502. The predicted molar refractivity (Wildman–Crippen MR) is 125 cm³/mol. The van der Waals surface area contributed by atoms with E-state index in [1.54, 1.807) is 0 Å². The SMILES string of the molecule is CN(C1=C[CH]([Ti]([Cl])([Cl])([NH]C(C)(C)C)[SiH](C)C)c2ccccc21)c1ccccc1. The van der Waals surface area contributed by atoms with Gasteiger partial charge in [-0.05, 0) is 0 Å². The third-order valence-corrected chi connectivity index (χ3v) is 37.7. The summed E-state index contributed by atoms with van der Waals surface area (Å²) in [6.07, 6.45) is 2.33. The summed E-state index contributed by atoms with van der Waals surface area (Å²) in [7, 11) is 17.3. The van der Waals surface area contributed by atoms with Gasteiger partial charge in [0.1, 0.15) is 0 Å². The van der Waals surface area contributed by atoms with Crippen molar-refractivity contribution in [2.24, 2.45) is 0 Å². The van der Waals surface area contributed by atoms with Gasteiger partial charge < -0.3 is 0 Å². The standard InChI is InChI=1S/C16H14N.C4H10N.C2H7Si.2ClH.Ti/c1-17(14-8-3-2-4-9-14)16-12-11-13-7-5-6-10-15(13)16;1-4(2,3)5;1-3-2;;;/h2-12H,1H3;5H,1-3H3;3H,1-2H3;2*1H;/q;-1;;;;+3/p-2. The van der Waals surface area contributed by atoms with E-state index in [0.717, 1.165) is 5.69 Å². The van der Waals surface area contributed by atoms with Crippen molar-refractivity contribution in [3.05, 3.63) is 71.8 Å². The monoisotopic (exact) mass is 469 g/mol. The molecule has 1 N–H and O–H groups in total. The van der Waals surface area contributed by atoms with E-state index >= 15 is 0 Å². The molecule has 3 rings (SSSR count).